The Morgan fingerprint density at radius 1 is 1.30 bits per heavy atom. The lowest BCUT2D eigenvalue weighted by molar-refractivity contribution is -0.117. The van der Waals surface area contributed by atoms with Crippen molar-refractivity contribution in [3.05, 3.63) is 30.3 Å². The molecule has 2 aliphatic heterocycles. The molecule has 1 aromatic rings. The highest BCUT2D eigenvalue weighted by Crippen LogP contribution is 2.21. The van der Waals surface area contributed by atoms with Crippen molar-refractivity contribution in [3.63, 3.8) is 0 Å². The molecule has 2 aliphatic rings. The molecule has 2 unspecified atom stereocenters. The summed E-state index contributed by atoms with van der Waals surface area (Å²) in [5.74, 6) is 1.30. The first kappa shape index (κ1) is 21.9. The number of nitrogens with one attached hydrogen (secondary N) is 2. The van der Waals surface area contributed by atoms with Gasteiger partial charge in [0.1, 0.15) is 0 Å². The van der Waals surface area contributed by atoms with Crippen molar-refractivity contribution in [1.29, 1.82) is 0 Å². The SMILES string of the molecule is CCNC(=NCC1CCS(=O)(=O)C1)NC1CC(=O)N(c2ccccc2)C1.I. The van der Waals surface area contributed by atoms with E-state index in [1.165, 1.54) is 0 Å². The maximum atomic E-state index is 12.3. The van der Waals surface area contributed by atoms with Gasteiger partial charge in [0.15, 0.2) is 15.8 Å². The van der Waals surface area contributed by atoms with E-state index in [1.807, 2.05) is 37.3 Å². The highest BCUT2D eigenvalue weighted by molar-refractivity contribution is 14.0. The Balaban J connectivity index is 0.00000261. The van der Waals surface area contributed by atoms with E-state index in [-0.39, 0.29) is 53.3 Å². The van der Waals surface area contributed by atoms with Crippen LogP contribution in [0, 0.1) is 5.92 Å². The minimum atomic E-state index is -2.88. The van der Waals surface area contributed by atoms with Crippen LogP contribution in [0.15, 0.2) is 35.3 Å². The maximum absolute atomic E-state index is 12.3. The van der Waals surface area contributed by atoms with E-state index in [0.29, 0.717) is 38.4 Å². The second-order valence-electron chi connectivity index (χ2n) is 6.87. The van der Waals surface area contributed by atoms with Crippen LogP contribution in [0.4, 0.5) is 5.69 Å². The lowest BCUT2D eigenvalue weighted by atomic mass is 10.1. The van der Waals surface area contributed by atoms with Crippen LogP contribution in [-0.4, -0.2) is 57.5 Å². The molecule has 0 radical (unpaired) electrons. The molecule has 0 saturated carbocycles. The number of amides is 1. The van der Waals surface area contributed by atoms with Crippen LogP contribution in [0.1, 0.15) is 19.8 Å². The van der Waals surface area contributed by atoms with Gasteiger partial charge in [0.2, 0.25) is 5.91 Å². The van der Waals surface area contributed by atoms with Gasteiger partial charge in [0.25, 0.3) is 0 Å². The van der Waals surface area contributed by atoms with Crippen molar-refractivity contribution in [3.8, 4) is 0 Å². The predicted octanol–water partition coefficient (Wildman–Crippen LogP) is 1.40. The maximum Gasteiger partial charge on any atom is 0.229 e. The summed E-state index contributed by atoms with van der Waals surface area (Å²) in [5, 5.41) is 6.50. The molecule has 3 rings (SSSR count). The summed E-state index contributed by atoms with van der Waals surface area (Å²) < 4.78 is 23.1. The Morgan fingerprint density at radius 2 is 2.04 bits per heavy atom. The van der Waals surface area contributed by atoms with E-state index in [0.717, 1.165) is 5.69 Å². The van der Waals surface area contributed by atoms with Crippen LogP contribution in [-0.2, 0) is 14.6 Å². The number of benzene rings is 1. The summed E-state index contributed by atoms with van der Waals surface area (Å²) in [6.07, 6.45) is 1.09. The molecule has 27 heavy (non-hydrogen) atoms. The van der Waals surface area contributed by atoms with Crippen molar-refractivity contribution in [2.45, 2.75) is 25.8 Å². The molecule has 2 saturated heterocycles. The first-order valence-corrected chi connectivity index (χ1v) is 10.9. The molecule has 7 nitrogen and oxygen atoms in total. The van der Waals surface area contributed by atoms with Gasteiger partial charge in [-0.2, -0.15) is 0 Å². The number of hydrogen-bond donors (Lipinski definition) is 2. The minimum Gasteiger partial charge on any atom is -0.357 e. The molecule has 0 aliphatic carbocycles. The zero-order chi connectivity index (χ0) is 18.6. The van der Waals surface area contributed by atoms with E-state index in [9.17, 15) is 13.2 Å². The molecule has 0 aromatic heterocycles. The van der Waals surface area contributed by atoms with E-state index < -0.39 is 9.84 Å². The average molecular weight is 506 g/mol. The van der Waals surface area contributed by atoms with E-state index in [2.05, 4.69) is 15.6 Å². The molecule has 0 bridgehead atoms. The lowest BCUT2D eigenvalue weighted by Crippen LogP contribution is -2.44. The number of carbonyl (C=O) groups excluding carboxylic acids is 1. The Hall–Kier alpha value is -1.36. The molecule has 9 heteroatoms. The smallest absolute Gasteiger partial charge is 0.229 e. The summed E-state index contributed by atoms with van der Waals surface area (Å²) >= 11 is 0. The summed E-state index contributed by atoms with van der Waals surface area (Å²) in [6.45, 7) is 3.76. The first-order valence-electron chi connectivity index (χ1n) is 9.07. The van der Waals surface area contributed by atoms with Gasteiger partial charge >= 0.3 is 0 Å². The quantitative estimate of drug-likeness (QED) is 0.358. The largest absolute Gasteiger partial charge is 0.357 e. The molecule has 2 heterocycles. The standard InChI is InChI=1S/C18H26N4O3S.HI/c1-2-19-18(20-11-14-8-9-26(24,25)13-14)21-15-10-17(23)22(12-15)16-6-4-3-5-7-16;/h3-7,14-15H,2,8-13H2,1H3,(H2,19,20,21);1H. The Morgan fingerprint density at radius 3 is 2.67 bits per heavy atom. The fraction of sp³-hybridized carbons (Fsp3) is 0.556. The molecular weight excluding hydrogens is 479 g/mol. The van der Waals surface area contributed by atoms with E-state index in [1.54, 1.807) is 4.90 Å². The number of sulfone groups is 1. The first-order chi connectivity index (χ1) is 12.5. The number of nitrogens with zero attached hydrogens (tertiary/aromatic N) is 2. The van der Waals surface area contributed by atoms with Gasteiger partial charge < -0.3 is 15.5 Å². The third-order valence-electron chi connectivity index (χ3n) is 4.71. The van der Waals surface area contributed by atoms with Gasteiger partial charge in [-0.25, -0.2) is 8.42 Å². The predicted molar refractivity (Wildman–Crippen MR) is 118 cm³/mol. The second kappa shape index (κ2) is 9.72. The number of carbonyl (C=O) groups is 1. The van der Waals surface area contributed by atoms with Crippen LogP contribution >= 0.6 is 24.0 Å². The monoisotopic (exact) mass is 506 g/mol. The number of halogens is 1. The molecule has 2 atom stereocenters. The number of guanidine groups is 1. The van der Waals surface area contributed by atoms with Crippen molar-refractivity contribution >= 4 is 51.4 Å². The summed E-state index contributed by atoms with van der Waals surface area (Å²) in [7, 11) is -2.88. The third-order valence-corrected chi connectivity index (χ3v) is 6.55. The van der Waals surface area contributed by atoms with Gasteiger partial charge in [-0.3, -0.25) is 9.79 Å². The minimum absolute atomic E-state index is 0. The van der Waals surface area contributed by atoms with E-state index >= 15 is 0 Å². The highest BCUT2D eigenvalue weighted by Gasteiger charge is 2.31. The van der Waals surface area contributed by atoms with Gasteiger partial charge in [-0.05, 0) is 31.4 Å². The molecule has 2 N–H and O–H groups in total. The molecule has 2 fully saturated rings. The fourth-order valence-electron chi connectivity index (χ4n) is 3.41. The number of anilines is 1. The lowest BCUT2D eigenvalue weighted by Gasteiger charge is -2.19. The number of aliphatic imine (C=N–C) groups is 1. The normalized spacial score (nSPS) is 24.6. The van der Waals surface area contributed by atoms with Crippen LogP contribution in [0.2, 0.25) is 0 Å². The number of rotatable bonds is 5. The number of para-hydroxylation sites is 1. The zero-order valence-corrected chi connectivity index (χ0v) is 18.6. The average Bonchev–Trinajstić information content (AvgIpc) is 3.15. The summed E-state index contributed by atoms with van der Waals surface area (Å²) in [4.78, 5) is 18.7. The van der Waals surface area contributed by atoms with Gasteiger partial charge in [0, 0.05) is 31.7 Å². The van der Waals surface area contributed by atoms with Gasteiger partial charge in [-0.15, -0.1) is 24.0 Å². The Bertz CT molecular complexity index is 770. The molecule has 0 spiro atoms. The molecular formula is C18H27IN4O3S. The van der Waals surface area contributed by atoms with Crippen LogP contribution in [0.25, 0.3) is 0 Å². The topological polar surface area (TPSA) is 90.9 Å². The van der Waals surface area contributed by atoms with Crippen LogP contribution in [0.3, 0.4) is 0 Å². The highest BCUT2D eigenvalue weighted by atomic mass is 127. The van der Waals surface area contributed by atoms with Crippen molar-refractivity contribution < 1.29 is 13.2 Å². The van der Waals surface area contributed by atoms with Gasteiger partial charge in [-0.1, -0.05) is 18.2 Å². The Kier molecular flexibility index (Phi) is 7.90. The molecule has 1 aromatic carbocycles. The zero-order valence-electron chi connectivity index (χ0n) is 15.4. The fourth-order valence-corrected chi connectivity index (χ4v) is 5.26. The summed E-state index contributed by atoms with van der Waals surface area (Å²) in [6, 6.07) is 9.61. The number of hydrogen-bond acceptors (Lipinski definition) is 4. The van der Waals surface area contributed by atoms with Crippen LogP contribution < -0.4 is 15.5 Å². The second-order valence-corrected chi connectivity index (χ2v) is 9.10. The molecule has 150 valence electrons. The molecule has 1 amide bonds. The van der Waals surface area contributed by atoms with Crippen molar-refractivity contribution in [2.24, 2.45) is 10.9 Å². The van der Waals surface area contributed by atoms with Crippen molar-refractivity contribution in [2.75, 3.05) is 36.0 Å². The van der Waals surface area contributed by atoms with Gasteiger partial charge in [0.05, 0.1) is 17.5 Å². The van der Waals surface area contributed by atoms with Crippen molar-refractivity contribution in [1.82, 2.24) is 10.6 Å². The van der Waals surface area contributed by atoms with E-state index in [4.69, 9.17) is 0 Å². The Labute approximate surface area is 177 Å². The van der Waals surface area contributed by atoms with Crippen LogP contribution in [0.5, 0.6) is 0 Å². The third kappa shape index (κ3) is 6.06. The summed E-state index contributed by atoms with van der Waals surface area (Å²) in [5.41, 5.74) is 0.903.